The summed E-state index contributed by atoms with van der Waals surface area (Å²) < 4.78 is 9.83. The first kappa shape index (κ1) is 21.6. The SMILES string of the molecule is CCN(CC)c1nc2c(c(=O)n(C)c(=O)n2C)n1C[C@@H](O)COc1cccc(C)c1. The lowest BCUT2D eigenvalue weighted by Crippen LogP contribution is -2.38. The Morgan fingerprint density at radius 1 is 1.17 bits per heavy atom. The Bertz CT molecular complexity index is 1160. The molecule has 0 aliphatic heterocycles. The molecule has 0 radical (unpaired) electrons. The van der Waals surface area contributed by atoms with Gasteiger partial charge in [0.2, 0.25) is 5.95 Å². The van der Waals surface area contributed by atoms with E-state index in [9.17, 15) is 14.7 Å². The summed E-state index contributed by atoms with van der Waals surface area (Å²) in [5, 5.41) is 10.7. The molecule has 30 heavy (non-hydrogen) atoms. The Hall–Kier alpha value is -3.07. The van der Waals surface area contributed by atoms with Crippen LogP contribution in [0.2, 0.25) is 0 Å². The molecule has 0 aliphatic rings. The zero-order valence-corrected chi connectivity index (χ0v) is 18.1. The number of aryl methyl sites for hydroxylation is 2. The number of fused-ring (bicyclic) bond motifs is 1. The van der Waals surface area contributed by atoms with Gasteiger partial charge in [-0.2, -0.15) is 4.98 Å². The maximum absolute atomic E-state index is 12.9. The molecule has 0 bridgehead atoms. The summed E-state index contributed by atoms with van der Waals surface area (Å²) in [5.41, 5.74) is 0.779. The third-order valence-corrected chi connectivity index (χ3v) is 5.20. The number of hydrogen-bond donors (Lipinski definition) is 1. The van der Waals surface area contributed by atoms with Crippen molar-refractivity contribution in [3.63, 3.8) is 0 Å². The zero-order chi connectivity index (χ0) is 22.0. The maximum atomic E-state index is 12.9. The standard InChI is InChI=1S/C21H29N5O4/c1-6-25(7-2)20-22-18-17(19(28)24(5)21(29)23(18)4)26(20)12-15(27)13-30-16-10-8-9-14(3)11-16/h8-11,15,27H,6-7,12-13H2,1-5H3/t15-/m1/s1. The fraction of sp³-hybridized carbons (Fsp3) is 0.476. The van der Waals surface area contributed by atoms with Crippen LogP contribution in [0.15, 0.2) is 33.9 Å². The van der Waals surface area contributed by atoms with Crippen molar-refractivity contribution < 1.29 is 9.84 Å². The van der Waals surface area contributed by atoms with Gasteiger partial charge in [-0.1, -0.05) is 12.1 Å². The molecule has 0 saturated heterocycles. The molecule has 9 heteroatoms. The lowest BCUT2D eigenvalue weighted by Gasteiger charge is -2.22. The lowest BCUT2D eigenvalue weighted by atomic mass is 10.2. The van der Waals surface area contributed by atoms with Gasteiger partial charge in [0.25, 0.3) is 5.56 Å². The quantitative estimate of drug-likeness (QED) is 0.591. The minimum atomic E-state index is -0.876. The van der Waals surface area contributed by atoms with E-state index in [1.807, 2.05) is 49.9 Å². The van der Waals surface area contributed by atoms with E-state index in [0.29, 0.717) is 30.4 Å². The van der Waals surface area contributed by atoms with Gasteiger partial charge in [-0.3, -0.25) is 13.9 Å². The third-order valence-electron chi connectivity index (χ3n) is 5.20. The van der Waals surface area contributed by atoms with Gasteiger partial charge in [0.1, 0.15) is 18.5 Å². The van der Waals surface area contributed by atoms with Crippen LogP contribution in [0, 0.1) is 6.92 Å². The van der Waals surface area contributed by atoms with Crippen LogP contribution in [0.1, 0.15) is 19.4 Å². The monoisotopic (exact) mass is 415 g/mol. The number of imidazole rings is 1. The highest BCUT2D eigenvalue weighted by atomic mass is 16.5. The average Bonchev–Trinajstić information content (AvgIpc) is 3.09. The van der Waals surface area contributed by atoms with Crippen LogP contribution in [0.25, 0.3) is 11.2 Å². The van der Waals surface area contributed by atoms with Crippen LogP contribution >= 0.6 is 0 Å². The van der Waals surface area contributed by atoms with E-state index in [0.717, 1.165) is 10.1 Å². The van der Waals surface area contributed by atoms with Gasteiger partial charge in [0, 0.05) is 27.2 Å². The molecular formula is C21H29N5O4. The van der Waals surface area contributed by atoms with Gasteiger partial charge >= 0.3 is 5.69 Å². The van der Waals surface area contributed by atoms with Crippen molar-refractivity contribution in [1.82, 2.24) is 18.7 Å². The molecule has 0 spiro atoms. The summed E-state index contributed by atoms with van der Waals surface area (Å²) >= 11 is 0. The van der Waals surface area contributed by atoms with Crippen LogP contribution < -0.4 is 20.9 Å². The summed E-state index contributed by atoms with van der Waals surface area (Å²) in [6, 6.07) is 7.59. The van der Waals surface area contributed by atoms with Crippen LogP contribution in [0.5, 0.6) is 5.75 Å². The van der Waals surface area contributed by atoms with E-state index in [4.69, 9.17) is 4.74 Å². The lowest BCUT2D eigenvalue weighted by molar-refractivity contribution is 0.0936. The minimum Gasteiger partial charge on any atom is -0.491 e. The summed E-state index contributed by atoms with van der Waals surface area (Å²) in [4.78, 5) is 31.8. The fourth-order valence-corrected chi connectivity index (χ4v) is 3.52. The van der Waals surface area contributed by atoms with Crippen LogP contribution in [-0.2, 0) is 20.6 Å². The van der Waals surface area contributed by atoms with Crippen molar-refractivity contribution in [1.29, 1.82) is 0 Å². The molecule has 9 nitrogen and oxygen atoms in total. The summed E-state index contributed by atoms with van der Waals surface area (Å²) in [5.74, 6) is 1.22. The smallest absolute Gasteiger partial charge is 0.332 e. The van der Waals surface area contributed by atoms with Crippen molar-refractivity contribution in [2.75, 3.05) is 24.6 Å². The summed E-state index contributed by atoms with van der Waals surface area (Å²) in [6.45, 7) is 7.46. The van der Waals surface area contributed by atoms with Gasteiger partial charge in [0.15, 0.2) is 11.2 Å². The van der Waals surface area contributed by atoms with Crippen molar-refractivity contribution in [2.24, 2.45) is 14.1 Å². The molecule has 0 amide bonds. The number of benzene rings is 1. The first-order valence-corrected chi connectivity index (χ1v) is 10.1. The Balaban J connectivity index is 2.01. The van der Waals surface area contributed by atoms with E-state index >= 15 is 0 Å². The molecule has 0 fully saturated rings. The summed E-state index contributed by atoms with van der Waals surface area (Å²) in [6.07, 6.45) is -0.876. The molecule has 2 heterocycles. The topological polar surface area (TPSA) is 94.5 Å². The number of aliphatic hydroxyl groups is 1. The Kier molecular flexibility index (Phi) is 6.31. The van der Waals surface area contributed by atoms with Gasteiger partial charge < -0.3 is 19.3 Å². The molecule has 3 rings (SSSR count). The molecule has 1 atom stereocenters. The number of rotatable bonds is 8. The van der Waals surface area contributed by atoms with Crippen molar-refractivity contribution >= 4 is 17.1 Å². The molecule has 1 aromatic carbocycles. The molecule has 0 aliphatic carbocycles. The predicted octanol–water partition coefficient (Wildman–Crippen LogP) is 1.03. The van der Waals surface area contributed by atoms with E-state index in [-0.39, 0.29) is 18.7 Å². The zero-order valence-electron chi connectivity index (χ0n) is 18.1. The van der Waals surface area contributed by atoms with E-state index in [1.165, 1.54) is 11.6 Å². The van der Waals surface area contributed by atoms with Gasteiger partial charge in [0.05, 0.1) is 6.54 Å². The van der Waals surface area contributed by atoms with Crippen LogP contribution in [0.3, 0.4) is 0 Å². The minimum absolute atomic E-state index is 0.0624. The highest BCUT2D eigenvalue weighted by molar-refractivity contribution is 5.74. The second-order valence-corrected chi connectivity index (χ2v) is 7.35. The highest BCUT2D eigenvalue weighted by Crippen LogP contribution is 2.20. The van der Waals surface area contributed by atoms with Gasteiger partial charge in [-0.05, 0) is 38.5 Å². The molecule has 162 valence electrons. The van der Waals surface area contributed by atoms with E-state index < -0.39 is 17.4 Å². The third kappa shape index (κ3) is 3.97. The molecule has 3 aromatic rings. The fourth-order valence-electron chi connectivity index (χ4n) is 3.52. The Labute approximate surface area is 174 Å². The van der Waals surface area contributed by atoms with Crippen molar-refractivity contribution in [2.45, 2.75) is 33.4 Å². The first-order chi connectivity index (χ1) is 14.3. The normalized spacial score (nSPS) is 12.3. The number of aromatic nitrogens is 4. The predicted molar refractivity (Wildman–Crippen MR) is 116 cm³/mol. The number of nitrogens with zero attached hydrogens (tertiary/aromatic N) is 5. The van der Waals surface area contributed by atoms with E-state index in [1.54, 1.807) is 11.6 Å². The summed E-state index contributed by atoms with van der Waals surface area (Å²) in [7, 11) is 3.03. The first-order valence-electron chi connectivity index (χ1n) is 10.1. The maximum Gasteiger partial charge on any atom is 0.332 e. The van der Waals surface area contributed by atoms with Crippen molar-refractivity contribution in [3.05, 3.63) is 50.7 Å². The molecule has 0 saturated carbocycles. The Morgan fingerprint density at radius 3 is 2.50 bits per heavy atom. The van der Waals surface area contributed by atoms with Crippen molar-refractivity contribution in [3.8, 4) is 5.75 Å². The largest absolute Gasteiger partial charge is 0.491 e. The number of hydrogen-bond acceptors (Lipinski definition) is 6. The van der Waals surface area contributed by atoms with Gasteiger partial charge in [-0.15, -0.1) is 0 Å². The second kappa shape index (κ2) is 8.74. The number of anilines is 1. The molecule has 0 unspecified atom stereocenters. The van der Waals surface area contributed by atoms with Crippen LogP contribution in [0.4, 0.5) is 5.95 Å². The molecule has 2 aromatic heterocycles. The van der Waals surface area contributed by atoms with E-state index in [2.05, 4.69) is 4.98 Å². The number of aliphatic hydroxyl groups excluding tert-OH is 1. The van der Waals surface area contributed by atoms with Crippen LogP contribution in [-0.4, -0.2) is 49.6 Å². The second-order valence-electron chi connectivity index (χ2n) is 7.35. The average molecular weight is 415 g/mol. The Morgan fingerprint density at radius 2 is 1.87 bits per heavy atom. The van der Waals surface area contributed by atoms with Gasteiger partial charge in [-0.25, -0.2) is 4.79 Å². The number of ether oxygens (including phenoxy) is 1. The molecule has 1 N–H and O–H groups in total. The molecular weight excluding hydrogens is 386 g/mol. The highest BCUT2D eigenvalue weighted by Gasteiger charge is 2.23.